The second-order valence-electron chi connectivity index (χ2n) is 9.64. The zero-order chi connectivity index (χ0) is 25.1. The molecule has 2 aromatic heterocycles. The van der Waals surface area contributed by atoms with E-state index in [4.69, 9.17) is 15.7 Å². The summed E-state index contributed by atoms with van der Waals surface area (Å²) in [7, 11) is 1.79. The molecule has 1 saturated heterocycles. The van der Waals surface area contributed by atoms with Gasteiger partial charge in [-0.3, -0.25) is 14.3 Å². The van der Waals surface area contributed by atoms with Gasteiger partial charge >= 0.3 is 0 Å². The first kappa shape index (κ1) is 24.1. The Bertz CT molecular complexity index is 1330. The molecule has 3 aromatic rings. The Morgan fingerprint density at radius 2 is 1.97 bits per heavy atom. The summed E-state index contributed by atoms with van der Waals surface area (Å²) in [6, 6.07) is 8.51. The summed E-state index contributed by atoms with van der Waals surface area (Å²) in [6.07, 6.45) is 6.43. The minimum atomic E-state index is -0.194. The van der Waals surface area contributed by atoms with Gasteiger partial charge in [0.2, 0.25) is 5.95 Å². The number of nitrogens with zero attached hydrogens (tertiary/aromatic N) is 4. The van der Waals surface area contributed by atoms with Crippen LogP contribution < -0.4 is 21.3 Å². The summed E-state index contributed by atoms with van der Waals surface area (Å²) >= 11 is 0. The van der Waals surface area contributed by atoms with E-state index in [9.17, 15) is 4.79 Å². The van der Waals surface area contributed by atoms with Crippen LogP contribution in [0.25, 0.3) is 10.8 Å². The quantitative estimate of drug-likeness (QED) is 0.464. The number of aryl methyl sites for hydroxylation is 2. The SMILES string of the molecule is CC#CCn1c(N2CCCC(N)C2)nc(NC)c1C(=O)NCc1nc2c(c3ccccc13)CCCC2. The zero-order valence-corrected chi connectivity index (χ0v) is 21.2. The van der Waals surface area contributed by atoms with E-state index in [1.165, 1.54) is 23.1 Å². The Morgan fingerprint density at radius 3 is 2.75 bits per heavy atom. The summed E-state index contributed by atoms with van der Waals surface area (Å²) in [6.45, 7) is 4.11. The van der Waals surface area contributed by atoms with Crippen LogP contribution >= 0.6 is 0 Å². The van der Waals surface area contributed by atoms with Crippen LogP contribution in [0.1, 0.15) is 60.0 Å². The Kier molecular flexibility index (Phi) is 7.10. The molecular formula is C28H35N7O. The topological polar surface area (TPSA) is 101 Å². The minimum Gasteiger partial charge on any atom is -0.371 e. The predicted octanol–water partition coefficient (Wildman–Crippen LogP) is 3.23. The van der Waals surface area contributed by atoms with E-state index in [0.717, 1.165) is 55.7 Å². The van der Waals surface area contributed by atoms with Crippen molar-refractivity contribution in [1.82, 2.24) is 19.9 Å². The Labute approximate surface area is 212 Å². The van der Waals surface area contributed by atoms with Gasteiger partial charge in [-0.2, -0.15) is 4.98 Å². The molecular weight excluding hydrogens is 450 g/mol. The molecule has 2 aliphatic rings. The van der Waals surface area contributed by atoms with Crippen LogP contribution in [0.15, 0.2) is 24.3 Å². The Balaban J connectivity index is 1.47. The number of amides is 1. The molecule has 5 rings (SSSR count). The molecule has 1 atom stereocenters. The lowest BCUT2D eigenvalue weighted by molar-refractivity contribution is 0.0943. The van der Waals surface area contributed by atoms with Crippen LogP contribution in [-0.4, -0.2) is 46.6 Å². The van der Waals surface area contributed by atoms with Gasteiger partial charge in [0.15, 0.2) is 11.5 Å². The number of pyridine rings is 1. The number of carbonyl (C=O) groups excluding carboxylic acids is 1. The van der Waals surface area contributed by atoms with Crippen molar-refractivity contribution in [1.29, 1.82) is 0 Å². The molecule has 1 aliphatic carbocycles. The minimum absolute atomic E-state index is 0.0971. The second-order valence-corrected chi connectivity index (χ2v) is 9.64. The molecule has 0 radical (unpaired) electrons. The van der Waals surface area contributed by atoms with E-state index in [2.05, 4.69) is 45.6 Å². The van der Waals surface area contributed by atoms with Gasteiger partial charge in [0.25, 0.3) is 5.91 Å². The number of carbonyl (C=O) groups is 1. The molecule has 0 spiro atoms. The van der Waals surface area contributed by atoms with E-state index in [-0.39, 0.29) is 11.9 Å². The van der Waals surface area contributed by atoms with Gasteiger partial charge in [0, 0.05) is 37.3 Å². The fraction of sp³-hybridized carbons (Fsp3) is 0.464. The summed E-state index contributed by atoms with van der Waals surface area (Å²) in [5, 5.41) is 8.63. The van der Waals surface area contributed by atoms with Crippen molar-refractivity contribution < 1.29 is 4.79 Å². The molecule has 36 heavy (non-hydrogen) atoms. The highest BCUT2D eigenvalue weighted by Crippen LogP contribution is 2.30. The molecule has 8 nitrogen and oxygen atoms in total. The van der Waals surface area contributed by atoms with E-state index in [1.54, 1.807) is 14.0 Å². The molecule has 0 saturated carbocycles. The third-order valence-corrected chi connectivity index (χ3v) is 7.24. The van der Waals surface area contributed by atoms with Crippen molar-refractivity contribution in [2.24, 2.45) is 5.73 Å². The van der Waals surface area contributed by atoms with Crippen LogP contribution in [0.4, 0.5) is 11.8 Å². The number of imidazole rings is 1. The third-order valence-electron chi connectivity index (χ3n) is 7.24. The highest BCUT2D eigenvalue weighted by Gasteiger charge is 2.28. The largest absolute Gasteiger partial charge is 0.371 e. The first-order chi connectivity index (χ1) is 17.6. The zero-order valence-electron chi connectivity index (χ0n) is 21.2. The molecule has 1 unspecified atom stereocenters. The lowest BCUT2D eigenvalue weighted by Crippen LogP contribution is -2.44. The molecule has 1 aliphatic heterocycles. The van der Waals surface area contributed by atoms with Crippen molar-refractivity contribution in [3.05, 3.63) is 46.9 Å². The number of piperidine rings is 1. The van der Waals surface area contributed by atoms with Crippen LogP contribution in [0, 0.1) is 11.8 Å². The Morgan fingerprint density at radius 1 is 1.17 bits per heavy atom. The number of aromatic nitrogens is 3. The molecule has 4 N–H and O–H groups in total. The van der Waals surface area contributed by atoms with Crippen LogP contribution in [0.5, 0.6) is 0 Å². The van der Waals surface area contributed by atoms with Gasteiger partial charge in [0.05, 0.1) is 18.8 Å². The number of hydrogen-bond donors (Lipinski definition) is 3. The number of fused-ring (bicyclic) bond motifs is 3. The summed E-state index contributed by atoms with van der Waals surface area (Å²) in [5.41, 5.74) is 10.2. The maximum absolute atomic E-state index is 13.6. The van der Waals surface area contributed by atoms with Crippen molar-refractivity contribution in [2.75, 3.05) is 30.4 Å². The number of anilines is 2. The summed E-state index contributed by atoms with van der Waals surface area (Å²) in [5.74, 6) is 7.15. The predicted molar refractivity (Wildman–Crippen MR) is 144 cm³/mol. The first-order valence-electron chi connectivity index (χ1n) is 13.0. The molecule has 1 aromatic carbocycles. The molecule has 188 valence electrons. The normalized spacial score (nSPS) is 17.3. The Hall–Kier alpha value is -3.57. The molecule has 8 heteroatoms. The molecule has 3 heterocycles. The van der Waals surface area contributed by atoms with Crippen molar-refractivity contribution in [3.8, 4) is 11.8 Å². The van der Waals surface area contributed by atoms with E-state index in [1.807, 2.05) is 10.6 Å². The maximum atomic E-state index is 13.6. The van der Waals surface area contributed by atoms with Crippen LogP contribution in [0.2, 0.25) is 0 Å². The number of rotatable bonds is 6. The average Bonchev–Trinajstić information content (AvgIpc) is 3.29. The first-order valence-corrected chi connectivity index (χ1v) is 13.0. The van der Waals surface area contributed by atoms with Crippen LogP contribution in [0.3, 0.4) is 0 Å². The van der Waals surface area contributed by atoms with Gasteiger partial charge in [0.1, 0.15) is 0 Å². The maximum Gasteiger partial charge on any atom is 0.272 e. The number of hydrogen-bond acceptors (Lipinski definition) is 6. The highest BCUT2D eigenvalue weighted by molar-refractivity contribution is 5.98. The van der Waals surface area contributed by atoms with Gasteiger partial charge < -0.3 is 21.3 Å². The lowest BCUT2D eigenvalue weighted by Gasteiger charge is -2.31. The smallest absolute Gasteiger partial charge is 0.272 e. The van der Waals surface area contributed by atoms with Crippen molar-refractivity contribution in [2.45, 2.75) is 64.6 Å². The number of benzene rings is 1. The fourth-order valence-corrected chi connectivity index (χ4v) is 5.49. The van der Waals surface area contributed by atoms with Gasteiger partial charge in [-0.25, -0.2) is 0 Å². The number of nitrogens with two attached hydrogens (primary N) is 1. The van der Waals surface area contributed by atoms with E-state index >= 15 is 0 Å². The molecule has 1 fully saturated rings. The molecule has 1 amide bonds. The van der Waals surface area contributed by atoms with Gasteiger partial charge in [-0.15, -0.1) is 5.92 Å². The van der Waals surface area contributed by atoms with Crippen LogP contribution in [-0.2, 0) is 25.9 Å². The second kappa shape index (κ2) is 10.6. The van der Waals surface area contributed by atoms with Gasteiger partial charge in [-0.05, 0) is 56.4 Å². The fourth-order valence-electron chi connectivity index (χ4n) is 5.49. The lowest BCUT2D eigenvalue weighted by atomic mass is 9.91. The molecule has 0 bridgehead atoms. The summed E-state index contributed by atoms with van der Waals surface area (Å²) in [4.78, 5) is 25.6. The highest BCUT2D eigenvalue weighted by atomic mass is 16.2. The monoisotopic (exact) mass is 485 g/mol. The van der Waals surface area contributed by atoms with E-state index < -0.39 is 0 Å². The van der Waals surface area contributed by atoms with E-state index in [0.29, 0.717) is 31.1 Å². The van der Waals surface area contributed by atoms with Crippen molar-refractivity contribution in [3.63, 3.8) is 0 Å². The van der Waals surface area contributed by atoms with Crippen molar-refractivity contribution >= 4 is 28.4 Å². The number of nitrogens with one attached hydrogen (secondary N) is 2. The van der Waals surface area contributed by atoms with Gasteiger partial charge in [-0.1, -0.05) is 30.2 Å². The summed E-state index contributed by atoms with van der Waals surface area (Å²) < 4.78 is 1.91. The average molecular weight is 486 g/mol. The third kappa shape index (κ3) is 4.63. The standard InChI is InChI=1S/C28H35N7O/c1-3-4-16-35-25(26(30-2)33-28(35)34-15-9-10-19(29)18-34)27(36)31-17-24-22-13-6-5-11-20(22)21-12-7-8-14-23(21)32-24/h5-6,11,13,19,30H,7-10,12,14-18,29H2,1-2H3,(H,31,36).